The molecule has 1 N–H and O–H groups in total. The summed E-state index contributed by atoms with van der Waals surface area (Å²) in [4.78, 5) is 7.10. The van der Waals surface area contributed by atoms with E-state index in [4.69, 9.17) is 4.98 Å². The minimum absolute atomic E-state index is 0.872. The van der Waals surface area contributed by atoms with Crippen LogP contribution in [0.25, 0.3) is 0 Å². The van der Waals surface area contributed by atoms with E-state index in [9.17, 15) is 0 Å². The number of pyridine rings is 1. The Labute approximate surface area is 111 Å². The fourth-order valence-corrected chi connectivity index (χ4v) is 2.43. The van der Waals surface area contributed by atoms with E-state index in [2.05, 4.69) is 42.4 Å². The van der Waals surface area contributed by atoms with Crippen LogP contribution in [-0.4, -0.2) is 30.0 Å². The lowest BCUT2D eigenvalue weighted by Gasteiger charge is -2.30. The summed E-state index contributed by atoms with van der Waals surface area (Å²) in [5.41, 5.74) is 2.33. The lowest BCUT2D eigenvalue weighted by Crippen LogP contribution is -2.29. The predicted molar refractivity (Wildman–Crippen MR) is 75.3 cm³/mol. The van der Waals surface area contributed by atoms with Gasteiger partial charge in [-0.3, -0.25) is 4.98 Å². The van der Waals surface area contributed by atoms with Crippen LogP contribution in [0.3, 0.4) is 0 Å². The van der Waals surface area contributed by atoms with Gasteiger partial charge in [-0.25, -0.2) is 0 Å². The molecule has 0 spiro atoms. The summed E-state index contributed by atoms with van der Waals surface area (Å²) < 4.78 is 0. The highest BCUT2D eigenvalue weighted by molar-refractivity contribution is 5.11. The Hall–Kier alpha value is -0.930. The number of nitrogens with one attached hydrogen (secondary N) is 1. The van der Waals surface area contributed by atoms with Crippen molar-refractivity contribution >= 4 is 0 Å². The maximum Gasteiger partial charge on any atom is 0.0547 e. The SMILES string of the molecule is CCNCc1cccc(CN(C)CC2CCC2)n1. The average Bonchev–Trinajstić information content (AvgIpc) is 2.32. The minimum atomic E-state index is 0.872. The molecule has 1 aliphatic carbocycles. The van der Waals surface area contributed by atoms with Crippen LogP contribution in [0.2, 0.25) is 0 Å². The van der Waals surface area contributed by atoms with Gasteiger partial charge in [-0.05, 0) is 44.5 Å². The summed E-state index contributed by atoms with van der Waals surface area (Å²) in [5, 5.41) is 3.32. The molecular formula is C15H25N3. The van der Waals surface area contributed by atoms with Gasteiger partial charge in [-0.15, -0.1) is 0 Å². The zero-order chi connectivity index (χ0) is 12.8. The first kappa shape index (κ1) is 13.5. The summed E-state index contributed by atoms with van der Waals surface area (Å²) >= 11 is 0. The van der Waals surface area contributed by atoms with E-state index in [-0.39, 0.29) is 0 Å². The molecule has 3 heteroatoms. The lowest BCUT2D eigenvalue weighted by molar-refractivity contribution is 0.199. The van der Waals surface area contributed by atoms with Crippen LogP contribution in [0.4, 0.5) is 0 Å². The van der Waals surface area contributed by atoms with E-state index in [1.54, 1.807) is 0 Å². The molecule has 1 fully saturated rings. The number of aromatic nitrogens is 1. The molecular weight excluding hydrogens is 222 g/mol. The third-order valence-electron chi connectivity index (χ3n) is 3.65. The second-order valence-corrected chi connectivity index (χ2v) is 5.39. The van der Waals surface area contributed by atoms with Gasteiger partial charge in [0.2, 0.25) is 0 Å². The molecule has 2 rings (SSSR count). The van der Waals surface area contributed by atoms with E-state index in [0.717, 1.165) is 31.2 Å². The van der Waals surface area contributed by atoms with Crippen molar-refractivity contribution in [1.29, 1.82) is 0 Å². The van der Waals surface area contributed by atoms with Crippen molar-refractivity contribution in [1.82, 2.24) is 15.2 Å². The van der Waals surface area contributed by atoms with Crippen LogP contribution in [0.1, 0.15) is 37.6 Å². The third kappa shape index (κ3) is 4.07. The molecule has 0 aromatic carbocycles. The predicted octanol–water partition coefficient (Wildman–Crippen LogP) is 2.42. The zero-order valence-corrected chi connectivity index (χ0v) is 11.7. The van der Waals surface area contributed by atoms with Crippen molar-refractivity contribution in [2.24, 2.45) is 5.92 Å². The standard InChI is InChI=1S/C15H25N3/c1-3-16-10-14-8-5-9-15(17-14)12-18(2)11-13-6-4-7-13/h5,8-9,13,16H,3-4,6-7,10-12H2,1-2H3. The van der Waals surface area contributed by atoms with Crippen LogP contribution < -0.4 is 5.32 Å². The fourth-order valence-electron chi connectivity index (χ4n) is 2.43. The molecule has 3 nitrogen and oxygen atoms in total. The highest BCUT2D eigenvalue weighted by Gasteiger charge is 2.19. The van der Waals surface area contributed by atoms with Gasteiger partial charge in [0.15, 0.2) is 0 Å². The van der Waals surface area contributed by atoms with Crippen molar-refractivity contribution in [3.05, 3.63) is 29.6 Å². The van der Waals surface area contributed by atoms with Gasteiger partial charge in [0.1, 0.15) is 0 Å². The average molecular weight is 247 g/mol. The first-order valence-electron chi connectivity index (χ1n) is 7.12. The van der Waals surface area contributed by atoms with Gasteiger partial charge in [0, 0.05) is 19.6 Å². The van der Waals surface area contributed by atoms with Crippen molar-refractivity contribution in [2.75, 3.05) is 20.1 Å². The van der Waals surface area contributed by atoms with Crippen molar-refractivity contribution in [2.45, 2.75) is 39.3 Å². The smallest absolute Gasteiger partial charge is 0.0547 e. The molecule has 100 valence electrons. The van der Waals surface area contributed by atoms with Crippen molar-refractivity contribution < 1.29 is 0 Å². The van der Waals surface area contributed by atoms with Gasteiger partial charge in [-0.1, -0.05) is 19.4 Å². The Morgan fingerprint density at radius 3 is 2.78 bits per heavy atom. The molecule has 0 bridgehead atoms. The second kappa shape index (κ2) is 6.86. The Bertz CT molecular complexity index is 361. The van der Waals surface area contributed by atoms with E-state index in [1.807, 2.05) is 0 Å². The van der Waals surface area contributed by atoms with Crippen molar-refractivity contribution in [3.8, 4) is 0 Å². The van der Waals surface area contributed by atoms with E-state index in [1.165, 1.54) is 31.5 Å². The van der Waals surface area contributed by atoms with Gasteiger partial charge < -0.3 is 10.2 Å². The Morgan fingerprint density at radius 2 is 2.11 bits per heavy atom. The third-order valence-corrected chi connectivity index (χ3v) is 3.65. The molecule has 0 unspecified atom stereocenters. The largest absolute Gasteiger partial charge is 0.311 e. The first-order chi connectivity index (χ1) is 8.78. The second-order valence-electron chi connectivity index (χ2n) is 5.39. The molecule has 0 radical (unpaired) electrons. The van der Waals surface area contributed by atoms with E-state index in [0.29, 0.717) is 0 Å². The number of hydrogen-bond acceptors (Lipinski definition) is 3. The molecule has 18 heavy (non-hydrogen) atoms. The van der Waals surface area contributed by atoms with Crippen LogP contribution in [0, 0.1) is 5.92 Å². The molecule has 1 aromatic rings. The first-order valence-corrected chi connectivity index (χ1v) is 7.12. The Morgan fingerprint density at radius 1 is 1.33 bits per heavy atom. The molecule has 0 atom stereocenters. The maximum atomic E-state index is 4.70. The maximum absolute atomic E-state index is 4.70. The van der Waals surface area contributed by atoms with Crippen LogP contribution in [0.5, 0.6) is 0 Å². The Kier molecular flexibility index (Phi) is 5.14. The Balaban J connectivity index is 1.83. The normalized spacial score (nSPS) is 15.9. The summed E-state index contributed by atoms with van der Waals surface area (Å²) in [6, 6.07) is 6.34. The number of rotatable bonds is 7. The number of nitrogens with zero attached hydrogens (tertiary/aromatic N) is 2. The molecule has 1 aliphatic rings. The quantitative estimate of drug-likeness (QED) is 0.802. The highest BCUT2D eigenvalue weighted by Crippen LogP contribution is 2.26. The highest BCUT2D eigenvalue weighted by atomic mass is 15.1. The summed E-state index contributed by atoms with van der Waals surface area (Å²) in [6.07, 6.45) is 4.26. The molecule has 1 saturated carbocycles. The fraction of sp³-hybridized carbons (Fsp3) is 0.667. The van der Waals surface area contributed by atoms with E-state index >= 15 is 0 Å². The lowest BCUT2D eigenvalue weighted by atomic mass is 9.85. The molecule has 0 saturated heterocycles. The molecule has 0 aliphatic heterocycles. The van der Waals surface area contributed by atoms with Gasteiger partial charge in [0.25, 0.3) is 0 Å². The van der Waals surface area contributed by atoms with Gasteiger partial charge in [0.05, 0.1) is 11.4 Å². The molecule has 1 aromatic heterocycles. The minimum Gasteiger partial charge on any atom is -0.311 e. The van der Waals surface area contributed by atoms with Crippen LogP contribution >= 0.6 is 0 Å². The van der Waals surface area contributed by atoms with Crippen molar-refractivity contribution in [3.63, 3.8) is 0 Å². The number of hydrogen-bond donors (Lipinski definition) is 1. The van der Waals surface area contributed by atoms with Gasteiger partial charge >= 0.3 is 0 Å². The summed E-state index contributed by atoms with van der Waals surface area (Å²) in [7, 11) is 2.21. The topological polar surface area (TPSA) is 28.2 Å². The van der Waals surface area contributed by atoms with Crippen LogP contribution in [-0.2, 0) is 13.1 Å². The summed E-state index contributed by atoms with van der Waals surface area (Å²) in [6.45, 7) is 6.18. The zero-order valence-electron chi connectivity index (χ0n) is 11.7. The van der Waals surface area contributed by atoms with Gasteiger partial charge in [-0.2, -0.15) is 0 Å². The van der Waals surface area contributed by atoms with E-state index < -0.39 is 0 Å². The molecule has 0 amide bonds. The monoisotopic (exact) mass is 247 g/mol. The molecule has 1 heterocycles. The van der Waals surface area contributed by atoms with Crippen LogP contribution in [0.15, 0.2) is 18.2 Å². The summed E-state index contributed by atoms with van der Waals surface area (Å²) in [5.74, 6) is 0.931.